The molecule has 0 N–H and O–H groups in total. The summed E-state index contributed by atoms with van der Waals surface area (Å²) in [6.07, 6.45) is 87.6. The van der Waals surface area contributed by atoms with Crippen LogP contribution in [-0.4, -0.2) is 37.2 Å². The van der Waals surface area contributed by atoms with Crippen molar-refractivity contribution in [1.29, 1.82) is 0 Å². The summed E-state index contributed by atoms with van der Waals surface area (Å²) < 4.78 is 17.0. The van der Waals surface area contributed by atoms with Crippen molar-refractivity contribution in [3.63, 3.8) is 0 Å². The molecule has 0 bridgehead atoms. The first-order valence-electron chi connectivity index (χ1n) is 36.5. The van der Waals surface area contributed by atoms with Crippen LogP contribution in [0.4, 0.5) is 0 Å². The van der Waals surface area contributed by atoms with Crippen molar-refractivity contribution in [3.8, 4) is 0 Å². The zero-order chi connectivity index (χ0) is 58.5. The van der Waals surface area contributed by atoms with E-state index in [0.717, 1.165) is 77.0 Å². The van der Waals surface area contributed by atoms with Gasteiger partial charge in [0.15, 0.2) is 6.10 Å². The Kier molecular flexibility index (Phi) is 68.1. The van der Waals surface area contributed by atoms with Gasteiger partial charge in [-0.15, -0.1) is 0 Å². The first kappa shape index (κ1) is 78.6. The van der Waals surface area contributed by atoms with Crippen LogP contribution < -0.4 is 0 Å². The van der Waals surface area contributed by atoms with Gasteiger partial charge in [0, 0.05) is 19.3 Å². The molecule has 0 rings (SSSR count). The Balaban J connectivity index is 4.23. The van der Waals surface area contributed by atoms with E-state index in [2.05, 4.69) is 57.2 Å². The van der Waals surface area contributed by atoms with Gasteiger partial charge in [0.25, 0.3) is 0 Å². The minimum Gasteiger partial charge on any atom is -0.462 e. The number of rotatable bonds is 68. The number of allylic oxidation sites excluding steroid dienone is 6. The molecule has 6 heteroatoms. The lowest BCUT2D eigenvalue weighted by Gasteiger charge is -2.18. The van der Waals surface area contributed by atoms with E-state index in [0.29, 0.717) is 19.3 Å². The largest absolute Gasteiger partial charge is 0.462 e. The molecular weight excluding hydrogens is 997 g/mol. The molecule has 0 amide bonds. The number of unbranched alkanes of at least 4 members (excludes halogenated alkanes) is 51. The fraction of sp³-hybridized carbons (Fsp3) is 0.880. The Morgan fingerprint density at radius 1 is 0.247 bits per heavy atom. The van der Waals surface area contributed by atoms with Crippen LogP contribution in [0.25, 0.3) is 0 Å². The molecule has 0 heterocycles. The fourth-order valence-corrected chi connectivity index (χ4v) is 11.1. The molecule has 1 unspecified atom stereocenters. The number of hydrogen-bond donors (Lipinski definition) is 0. The summed E-state index contributed by atoms with van der Waals surface area (Å²) in [5.74, 6) is -0.858. The molecule has 476 valence electrons. The fourth-order valence-electron chi connectivity index (χ4n) is 11.1. The molecule has 0 aromatic rings. The molecular formula is C75H140O6. The highest BCUT2D eigenvalue weighted by atomic mass is 16.6. The van der Waals surface area contributed by atoms with Gasteiger partial charge in [-0.3, -0.25) is 14.4 Å². The van der Waals surface area contributed by atoms with E-state index >= 15 is 0 Å². The molecule has 0 radical (unpaired) electrons. The monoisotopic (exact) mass is 1140 g/mol. The molecule has 0 aromatic carbocycles. The molecule has 0 saturated carbocycles. The summed E-state index contributed by atoms with van der Waals surface area (Å²) >= 11 is 0. The van der Waals surface area contributed by atoms with Crippen molar-refractivity contribution >= 4 is 17.9 Å². The number of carbonyl (C=O) groups is 3. The second kappa shape index (κ2) is 70.1. The van der Waals surface area contributed by atoms with Crippen LogP contribution in [0.2, 0.25) is 0 Å². The maximum Gasteiger partial charge on any atom is 0.306 e. The number of carbonyl (C=O) groups excluding carboxylic acids is 3. The van der Waals surface area contributed by atoms with Crippen LogP contribution in [0.1, 0.15) is 406 Å². The maximum atomic E-state index is 13.0. The SMILES string of the molecule is CCCC/C=C\C/C=C\CCCCCCCC(=O)OCC(COC(=O)CCCCCCCCCCCCCCCCCCCCCCCCCCCC)OC(=O)CCCCCCCCCCCCC/C=C\CCCCCCCCCC. The smallest absolute Gasteiger partial charge is 0.306 e. The van der Waals surface area contributed by atoms with E-state index in [9.17, 15) is 14.4 Å². The van der Waals surface area contributed by atoms with Crippen molar-refractivity contribution < 1.29 is 28.6 Å². The van der Waals surface area contributed by atoms with Gasteiger partial charge in [-0.1, -0.05) is 353 Å². The molecule has 6 nitrogen and oxygen atoms in total. The number of esters is 3. The van der Waals surface area contributed by atoms with Gasteiger partial charge in [-0.05, 0) is 70.6 Å². The number of ether oxygens (including phenoxy) is 3. The average molecular weight is 1140 g/mol. The Hall–Kier alpha value is -2.37. The molecule has 0 spiro atoms. The lowest BCUT2D eigenvalue weighted by Crippen LogP contribution is -2.30. The van der Waals surface area contributed by atoms with Crippen LogP contribution in [0, 0.1) is 0 Å². The Labute approximate surface area is 506 Å². The van der Waals surface area contributed by atoms with E-state index < -0.39 is 6.10 Å². The summed E-state index contributed by atoms with van der Waals surface area (Å²) in [7, 11) is 0. The quantitative estimate of drug-likeness (QED) is 0.0261. The predicted molar refractivity (Wildman–Crippen MR) is 353 cm³/mol. The van der Waals surface area contributed by atoms with Gasteiger partial charge in [0.1, 0.15) is 13.2 Å². The third-order valence-electron chi connectivity index (χ3n) is 16.6. The predicted octanol–water partition coefficient (Wildman–Crippen LogP) is 25.1. The second-order valence-corrected chi connectivity index (χ2v) is 24.9. The van der Waals surface area contributed by atoms with Crippen molar-refractivity contribution in [2.24, 2.45) is 0 Å². The Morgan fingerprint density at radius 3 is 0.728 bits per heavy atom. The molecule has 0 aliphatic heterocycles. The van der Waals surface area contributed by atoms with Crippen molar-refractivity contribution in [3.05, 3.63) is 36.5 Å². The highest BCUT2D eigenvalue weighted by molar-refractivity contribution is 5.71. The van der Waals surface area contributed by atoms with Crippen LogP contribution in [0.3, 0.4) is 0 Å². The molecule has 1 atom stereocenters. The van der Waals surface area contributed by atoms with E-state index in [-0.39, 0.29) is 31.1 Å². The van der Waals surface area contributed by atoms with E-state index in [1.165, 1.54) is 289 Å². The second-order valence-electron chi connectivity index (χ2n) is 24.9. The molecule has 0 saturated heterocycles. The highest BCUT2D eigenvalue weighted by Crippen LogP contribution is 2.19. The number of hydrogen-bond acceptors (Lipinski definition) is 6. The van der Waals surface area contributed by atoms with Crippen LogP contribution in [-0.2, 0) is 28.6 Å². The molecule has 0 fully saturated rings. The third kappa shape index (κ3) is 68.3. The lowest BCUT2D eigenvalue weighted by atomic mass is 10.0. The summed E-state index contributed by atoms with van der Waals surface area (Å²) in [5.41, 5.74) is 0. The van der Waals surface area contributed by atoms with Crippen LogP contribution in [0.15, 0.2) is 36.5 Å². The van der Waals surface area contributed by atoms with Crippen molar-refractivity contribution in [2.45, 2.75) is 412 Å². The van der Waals surface area contributed by atoms with Gasteiger partial charge >= 0.3 is 17.9 Å². The van der Waals surface area contributed by atoms with Crippen molar-refractivity contribution in [1.82, 2.24) is 0 Å². The first-order chi connectivity index (χ1) is 40.0. The average Bonchev–Trinajstić information content (AvgIpc) is 3.47. The zero-order valence-electron chi connectivity index (χ0n) is 54.8. The Bertz CT molecular complexity index is 1350. The third-order valence-corrected chi connectivity index (χ3v) is 16.6. The van der Waals surface area contributed by atoms with E-state index in [1.54, 1.807) is 0 Å². The first-order valence-corrected chi connectivity index (χ1v) is 36.5. The van der Waals surface area contributed by atoms with E-state index in [1.807, 2.05) is 0 Å². The van der Waals surface area contributed by atoms with Crippen molar-refractivity contribution in [2.75, 3.05) is 13.2 Å². The molecule has 0 aliphatic carbocycles. The van der Waals surface area contributed by atoms with E-state index in [4.69, 9.17) is 14.2 Å². The standard InChI is InChI=1S/C75H140O6/c1-4-7-10-13-16-19-22-25-28-30-32-34-36-37-38-40-41-43-45-47-50-53-56-59-62-65-68-74(77)80-71-72(70-79-73(76)67-64-61-58-55-52-49-27-24-21-18-15-12-9-6-3)81-75(78)69-66-63-60-57-54-51-48-46-44-42-39-35-33-31-29-26-23-20-17-14-11-8-5-2/h15,18,24,27,31,33,72H,4-14,16-17,19-23,25-26,28-30,32,34-71H2,1-3H3/b18-15-,27-24-,33-31-. The summed E-state index contributed by atoms with van der Waals surface area (Å²) in [6.45, 7) is 6.67. The van der Waals surface area contributed by atoms with Gasteiger partial charge in [0.2, 0.25) is 0 Å². The minimum absolute atomic E-state index is 0.0721. The zero-order valence-corrected chi connectivity index (χ0v) is 54.8. The van der Waals surface area contributed by atoms with Crippen LogP contribution in [0.5, 0.6) is 0 Å². The normalized spacial score (nSPS) is 12.2. The van der Waals surface area contributed by atoms with Gasteiger partial charge in [-0.25, -0.2) is 0 Å². The van der Waals surface area contributed by atoms with Gasteiger partial charge in [0.05, 0.1) is 0 Å². The lowest BCUT2D eigenvalue weighted by molar-refractivity contribution is -0.167. The van der Waals surface area contributed by atoms with Crippen LogP contribution >= 0.6 is 0 Å². The molecule has 0 aromatic heterocycles. The van der Waals surface area contributed by atoms with Gasteiger partial charge < -0.3 is 14.2 Å². The summed E-state index contributed by atoms with van der Waals surface area (Å²) in [4.78, 5) is 38.5. The maximum absolute atomic E-state index is 13.0. The minimum atomic E-state index is -0.778. The highest BCUT2D eigenvalue weighted by Gasteiger charge is 2.19. The summed E-state index contributed by atoms with van der Waals surface area (Å²) in [5, 5.41) is 0. The molecule has 81 heavy (non-hydrogen) atoms. The molecule has 0 aliphatic rings. The van der Waals surface area contributed by atoms with Gasteiger partial charge in [-0.2, -0.15) is 0 Å². The topological polar surface area (TPSA) is 78.9 Å². The summed E-state index contributed by atoms with van der Waals surface area (Å²) in [6, 6.07) is 0. The Morgan fingerprint density at radius 2 is 0.457 bits per heavy atom.